The summed E-state index contributed by atoms with van der Waals surface area (Å²) in [5.41, 5.74) is 0.942. The minimum atomic E-state index is -0.805. The van der Waals surface area contributed by atoms with E-state index >= 15 is 0 Å². The predicted molar refractivity (Wildman–Crippen MR) is 82.3 cm³/mol. The van der Waals surface area contributed by atoms with Gasteiger partial charge in [0.1, 0.15) is 0 Å². The van der Waals surface area contributed by atoms with Gasteiger partial charge in [0, 0.05) is 18.8 Å². The molecule has 1 N–H and O–H groups in total. The summed E-state index contributed by atoms with van der Waals surface area (Å²) in [5, 5.41) is 9.54. The number of hydrogen-bond acceptors (Lipinski definition) is 4. The van der Waals surface area contributed by atoms with Crippen LogP contribution >= 0.6 is 11.8 Å². The summed E-state index contributed by atoms with van der Waals surface area (Å²) < 4.78 is 2.07. The van der Waals surface area contributed by atoms with Gasteiger partial charge in [0.25, 0.3) is 0 Å². The van der Waals surface area contributed by atoms with Crippen LogP contribution in [0.4, 0.5) is 0 Å². The number of thioether (sulfide) groups is 1. The van der Waals surface area contributed by atoms with Crippen molar-refractivity contribution in [3.8, 4) is 0 Å². The second-order valence-corrected chi connectivity index (χ2v) is 6.26. The van der Waals surface area contributed by atoms with Crippen molar-refractivity contribution >= 4 is 17.7 Å². The van der Waals surface area contributed by atoms with E-state index in [2.05, 4.69) is 35.3 Å². The minimum absolute atomic E-state index is 0.0620. The van der Waals surface area contributed by atoms with Crippen molar-refractivity contribution in [1.82, 2.24) is 14.5 Å². The summed E-state index contributed by atoms with van der Waals surface area (Å²) in [4.78, 5) is 17.3. The van der Waals surface area contributed by atoms with Gasteiger partial charge in [-0.25, -0.2) is 4.98 Å². The van der Waals surface area contributed by atoms with Gasteiger partial charge in [-0.15, -0.1) is 0 Å². The number of carboxylic acid groups (broad SMARTS) is 1. The molecule has 0 aliphatic rings. The lowest BCUT2D eigenvalue weighted by atomic mass is 10.2. The number of rotatable bonds is 9. The number of imidazole rings is 1. The Bertz CT molecular complexity index is 432. The molecule has 1 heterocycles. The summed E-state index contributed by atoms with van der Waals surface area (Å²) in [6.45, 7) is 8.31. The maximum absolute atomic E-state index is 10.6. The average molecular weight is 299 g/mol. The van der Waals surface area contributed by atoms with Crippen molar-refractivity contribution in [2.75, 3.05) is 19.3 Å². The molecule has 1 rings (SSSR count). The van der Waals surface area contributed by atoms with E-state index in [0.717, 1.165) is 36.8 Å². The molecular weight excluding hydrogens is 274 g/mol. The van der Waals surface area contributed by atoms with Gasteiger partial charge >= 0.3 is 5.97 Å². The molecule has 114 valence electrons. The van der Waals surface area contributed by atoms with Gasteiger partial charge < -0.3 is 14.6 Å². The number of aliphatic carboxylic acids is 1. The zero-order valence-electron chi connectivity index (χ0n) is 12.8. The first kappa shape index (κ1) is 17.0. The van der Waals surface area contributed by atoms with E-state index < -0.39 is 5.97 Å². The molecule has 0 aliphatic heterocycles. The Hall–Kier alpha value is -1.01. The van der Waals surface area contributed by atoms with Crippen molar-refractivity contribution in [1.29, 1.82) is 0 Å². The number of carbonyl (C=O) groups is 1. The molecule has 0 fully saturated rings. The van der Waals surface area contributed by atoms with Gasteiger partial charge in [-0.1, -0.05) is 11.8 Å². The molecule has 6 heteroatoms. The lowest BCUT2D eigenvalue weighted by Crippen LogP contribution is -2.27. The summed E-state index contributed by atoms with van der Waals surface area (Å²) >= 11 is 1.29. The minimum Gasteiger partial charge on any atom is -0.481 e. The molecule has 0 aliphatic carbocycles. The maximum Gasteiger partial charge on any atom is 0.313 e. The quantitative estimate of drug-likeness (QED) is 0.561. The van der Waals surface area contributed by atoms with Crippen LogP contribution in [-0.2, 0) is 11.3 Å². The fourth-order valence-electron chi connectivity index (χ4n) is 1.83. The summed E-state index contributed by atoms with van der Waals surface area (Å²) in [5.74, 6) is -0.743. The molecule has 20 heavy (non-hydrogen) atoms. The standard InChI is InChI=1S/C14H25N3O2S/c1-11(2)16(4)7-5-6-8-17-9-12(3)15-14(17)20-10-13(18)19/h9,11H,5-8,10H2,1-4H3,(H,18,19). The monoisotopic (exact) mass is 299 g/mol. The van der Waals surface area contributed by atoms with Crippen LogP contribution in [0, 0.1) is 6.92 Å². The molecule has 0 atom stereocenters. The van der Waals surface area contributed by atoms with Crippen molar-refractivity contribution in [2.45, 2.75) is 51.4 Å². The molecule has 0 bridgehead atoms. The fraction of sp³-hybridized carbons (Fsp3) is 0.714. The third-order valence-electron chi connectivity index (χ3n) is 3.23. The second-order valence-electron chi connectivity index (χ2n) is 5.32. The Morgan fingerprint density at radius 1 is 1.50 bits per heavy atom. The molecule has 1 aromatic rings. The third kappa shape index (κ3) is 5.96. The lowest BCUT2D eigenvalue weighted by molar-refractivity contribution is -0.133. The molecule has 0 saturated heterocycles. The largest absolute Gasteiger partial charge is 0.481 e. The third-order valence-corrected chi connectivity index (χ3v) is 4.20. The molecule has 0 amide bonds. The Kier molecular flexibility index (Phi) is 7.09. The second kappa shape index (κ2) is 8.32. The molecule has 5 nitrogen and oxygen atoms in total. The average Bonchev–Trinajstić information content (AvgIpc) is 2.72. The Morgan fingerprint density at radius 3 is 2.80 bits per heavy atom. The number of hydrogen-bond donors (Lipinski definition) is 1. The number of carboxylic acids is 1. The van der Waals surface area contributed by atoms with Crippen LogP contribution in [0.15, 0.2) is 11.4 Å². The van der Waals surface area contributed by atoms with Gasteiger partial charge in [0.15, 0.2) is 5.16 Å². The summed E-state index contributed by atoms with van der Waals surface area (Å²) in [6.07, 6.45) is 4.21. The highest BCUT2D eigenvalue weighted by molar-refractivity contribution is 7.99. The molecule has 0 unspecified atom stereocenters. The van der Waals surface area contributed by atoms with Gasteiger partial charge in [-0.3, -0.25) is 4.79 Å². The number of unbranched alkanes of at least 4 members (excludes halogenated alkanes) is 1. The first-order valence-corrected chi connectivity index (χ1v) is 7.97. The van der Waals surface area contributed by atoms with Crippen LogP contribution in [0.3, 0.4) is 0 Å². The van der Waals surface area contributed by atoms with Crippen LogP contribution in [0.5, 0.6) is 0 Å². The van der Waals surface area contributed by atoms with E-state index in [-0.39, 0.29) is 5.75 Å². The van der Waals surface area contributed by atoms with E-state index in [1.165, 1.54) is 11.8 Å². The molecule has 1 aromatic heterocycles. The normalized spacial score (nSPS) is 11.5. The Morgan fingerprint density at radius 2 is 2.20 bits per heavy atom. The fourth-order valence-corrected chi connectivity index (χ4v) is 2.60. The smallest absolute Gasteiger partial charge is 0.313 e. The molecule has 0 spiro atoms. The van der Waals surface area contributed by atoms with Gasteiger partial charge in [-0.2, -0.15) is 0 Å². The number of nitrogens with zero attached hydrogens (tertiary/aromatic N) is 3. The van der Waals surface area contributed by atoms with E-state index in [4.69, 9.17) is 5.11 Å². The van der Waals surface area contributed by atoms with Crippen LogP contribution in [0.25, 0.3) is 0 Å². The van der Waals surface area contributed by atoms with Crippen molar-refractivity contribution in [2.24, 2.45) is 0 Å². The number of aromatic nitrogens is 2. The molecule has 0 saturated carbocycles. The highest BCUT2D eigenvalue weighted by atomic mass is 32.2. The highest BCUT2D eigenvalue weighted by Crippen LogP contribution is 2.18. The van der Waals surface area contributed by atoms with E-state index in [1.54, 1.807) is 0 Å². The predicted octanol–water partition coefficient (Wildman–Crippen LogP) is 2.49. The Labute approximate surface area is 125 Å². The first-order chi connectivity index (χ1) is 9.40. The van der Waals surface area contributed by atoms with Crippen molar-refractivity contribution in [3.05, 3.63) is 11.9 Å². The van der Waals surface area contributed by atoms with Gasteiger partial charge in [0.05, 0.1) is 11.4 Å². The zero-order chi connectivity index (χ0) is 15.1. The van der Waals surface area contributed by atoms with E-state index in [9.17, 15) is 4.79 Å². The lowest BCUT2D eigenvalue weighted by Gasteiger charge is -2.20. The van der Waals surface area contributed by atoms with Gasteiger partial charge in [0.2, 0.25) is 0 Å². The van der Waals surface area contributed by atoms with Crippen LogP contribution < -0.4 is 0 Å². The van der Waals surface area contributed by atoms with Crippen LogP contribution in [0.2, 0.25) is 0 Å². The van der Waals surface area contributed by atoms with Crippen LogP contribution in [0.1, 0.15) is 32.4 Å². The van der Waals surface area contributed by atoms with E-state index in [0.29, 0.717) is 6.04 Å². The maximum atomic E-state index is 10.6. The number of aryl methyl sites for hydroxylation is 2. The molecule has 0 radical (unpaired) electrons. The molecule has 0 aromatic carbocycles. The topological polar surface area (TPSA) is 58.4 Å². The van der Waals surface area contributed by atoms with Crippen LogP contribution in [-0.4, -0.2) is 50.9 Å². The first-order valence-electron chi connectivity index (χ1n) is 6.98. The zero-order valence-corrected chi connectivity index (χ0v) is 13.6. The van der Waals surface area contributed by atoms with Crippen molar-refractivity contribution < 1.29 is 9.90 Å². The molecular formula is C14H25N3O2S. The summed E-state index contributed by atoms with van der Waals surface area (Å²) in [6, 6.07) is 0.576. The van der Waals surface area contributed by atoms with Crippen molar-refractivity contribution in [3.63, 3.8) is 0 Å². The SMILES string of the molecule is Cc1cn(CCCCN(C)C(C)C)c(SCC(=O)O)n1. The Balaban J connectivity index is 2.41. The highest BCUT2D eigenvalue weighted by Gasteiger charge is 2.09. The van der Waals surface area contributed by atoms with Gasteiger partial charge in [-0.05, 0) is 47.2 Å². The summed E-state index contributed by atoms with van der Waals surface area (Å²) in [7, 11) is 2.14. The van der Waals surface area contributed by atoms with E-state index in [1.807, 2.05) is 13.1 Å².